The molecule has 0 spiro atoms. The first-order chi connectivity index (χ1) is 10.0. The van der Waals surface area contributed by atoms with Crippen LogP contribution in [0.25, 0.3) is 0 Å². The molecule has 112 valence electrons. The van der Waals surface area contributed by atoms with E-state index in [1.54, 1.807) is 19.4 Å². The maximum atomic E-state index is 12.1. The molecule has 2 rings (SSSR count). The molecule has 0 aliphatic rings. The highest BCUT2D eigenvalue weighted by Gasteiger charge is 2.15. The molecule has 0 amide bonds. The summed E-state index contributed by atoms with van der Waals surface area (Å²) >= 11 is 5.94. The van der Waals surface area contributed by atoms with Crippen molar-refractivity contribution in [2.75, 3.05) is 18.9 Å². The highest BCUT2D eigenvalue weighted by Crippen LogP contribution is 2.21. The molecule has 0 unspecified atom stereocenters. The third-order valence-electron chi connectivity index (χ3n) is 2.82. The lowest BCUT2D eigenvalue weighted by molar-refractivity contribution is 0.581. The van der Waals surface area contributed by atoms with E-state index in [1.165, 1.54) is 12.3 Å². The van der Waals surface area contributed by atoms with E-state index in [9.17, 15) is 8.42 Å². The van der Waals surface area contributed by atoms with Crippen molar-refractivity contribution in [3.8, 4) is 0 Å². The normalized spacial score (nSPS) is 11.3. The lowest BCUT2D eigenvalue weighted by atomic mass is 10.2. The zero-order chi connectivity index (χ0) is 15.3. The molecule has 8 heteroatoms. The van der Waals surface area contributed by atoms with E-state index in [0.29, 0.717) is 12.2 Å². The molecule has 0 saturated heterocycles. The van der Waals surface area contributed by atoms with Crippen molar-refractivity contribution in [3.63, 3.8) is 0 Å². The summed E-state index contributed by atoms with van der Waals surface area (Å²) in [6.45, 7) is 0.289. The summed E-state index contributed by atoms with van der Waals surface area (Å²) in [5.74, 6) is 0.437. The van der Waals surface area contributed by atoms with Crippen LogP contribution in [0.3, 0.4) is 0 Å². The van der Waals surface area contributed by atoms with Crippen LogP contribution in [0, 0.1) is 0 Å². The van der Waals surface area contributed by atoms with Crippen molar-refractivity contribution in [1.82, 2.24) is 14.7 Å². The lowest BCUT2D eigenvalue weighted by Gasteiger charge is -2.08. The number of hydrogen-bond donors (Lipinski definition) is 2. The van der Waals surface area contributed by atoms with Crippen LogP contribution in [0.2, 0.25) is 5.02 Å². The Morgan fingerprint density at radius 1 is 1.29 bits per heavy atom. The zero-order valence-corrected chi connectivity index (χ0v) is 12.9. The van der Waals surface area contributed by atoms with Crippen LogP contribution < -0.4 is 10.0 Å². The van der Waals surface area contributed by atoms with Gasteiger partial charge in [-0.05, 0) is 30.2 Å². The minimum atomic E-state index is -3.62. The standard InChI is InChI=1S/C13H15ClN4O2S/c1-15-13-12(14)8-11(9-17-13)21(19,20)18-7-4-10-2-5-16-6-3-10/h2-3,5-6,8-9,18H,4,7H2,1H3,(H,15,17). The van der Waals surface area contributed by atoms with Gasteiger partial charge < -0.3 is 5.32 Å². The first-order valence-corrected chi connectivity index (χ1v) is 8.11. The summed E-state index contributed by atoms with van der Waals surface area (Å²) in [5, 5.41) is 3.03. The van der Waals surface area contributed by atoms with Crippen LogP contribution in [-0.4, -0.2) is 32.0 Å². The molecule has 2 N–H and O–H groups in total. The van der Waals surface area contributed by atoms with E-state index in [-0.39, 0.29) is 16.5 Å². The van der Waals surface area contributed by atoms with Crippen LogP contribution in [0.4, 0.5) is 5.82 Å². The fourth-order valence-electron chi connectivity index (χ4n) is 1.71. The Balaban J connectivity index is 2.03. The molecule has 0 radical (unpaired) electrons. The Bertz CT molecular complexity index is 707. The number of halogens is 1. The largest absolute Gasteiger partial charge is 0.372 e. The Morgan fingerprint density at radius 3 is 2.62 bits per heavy atom. The molecule has 0 aromatic carbocycles. The number of nitrogens with zero attached hydrogens (tertiary/aromatic N) is 2. The predicted octanol–water partition coefficient (Wildman–Crippen LogP) is 1.69. The number of pyridine rings is 2. The molecule has 0 saturated carbocycles. The van der Waals surface area contributed by atoms with Gasteiger partial charge in [0.1, 0.15) is 10.7 Å². The predicted molar refractivity (Wildman–Crippen MR) is 81.9 cm³/mol. The summed E-state index contributed by atoms with van der Waals surface area (Å²) < 4.78 is 26.8. The molecule has 2 aromatic rings. The van der Waals surface area contributed by atoms with Gasteiger partial charge in [0.05, 0.1) is 5.02 Å². The van der Waals surface area contributed by atoms with E-state index in [4.69, 9.17) is 11.6 Å². The van der Waals surface area contributed by atoms with Crippen molar-refractivity contribution in [2.45, 2.75) is 11.3 Å². The van der Waals surface area contributed by atoms with E-state index in [0.717, 1.165) is 5.56 Å². The Hall–Kier alpha value is -1.70. The molecule has 2 heterocycles. The quantitative estimate of drug-likeness (QED) is 0.844. The zero-order valence-electron chi connectivity index (χ0n) is 11.4. The number of hydrogen-bond acceptors (Lipinski definition) is 5. The molecule has 0 aliphatic carbocycles. The van der Waals surface area contributed by atoms with Gasteiger partial charge in [-0.25, -0.2) is 18.1 Å². The van der Waals surface area contributed by atoms with Gasteiger partial charge in [-0.2, -0.15) is 0 Å². The number of sulfonamides is 1. The summed E-state index contributed by atoms with van der Waals surface area (Å²) in [7, 11) is -1.96. The number of aromatic nitrogens is 2. The van der Waals surface area contributed by atoms with Gasteiger partial charge in [-0.3, -0.25) is 4.98 Å². The molecule has 0 aliphatic heterocycles. The topological polar surface area (TPSA) is 84.0 Å². The Kier molecular flexibility index (Phi) is 5.11. The fourth-order valence-corrected chi connectivity index (χ4v) is 3.04. The molecular weight excluding hydrogens is 312 g/mol. The number of nitrogens with one attached hydrogen (secondary N) is 2. The molecule has 0 fully saturated rings. The van der Waals surface area contributed by atoms with Gasteiger partial charge in [0, 0.05) is 32.2 Å². The van der Waals surface area contributed by atoms with Crippen molar-refractivity contribution >= 4 is 27.4 Å². The number of anilines is 1. The van der Waals surface area contributed by atoms with Gasteiger partial charge >= 0.3 is 0 Å². The third-order valence-corrected chi connectivity index (χ3v) is 4.53. The lowest BCUT2D eigenvalue weighted by Crippen LogP contribution is -2.26. The van der Waals surface area contributed by atoms with E-state index in [1.807, 2.05) is 12.1 Å². The summed E-state index contributed by atoms with van der Waals surface area (Å²) in [4.78, 5) is 7.91. The molecule has 6 nitrogen and oxygen atoms in total. The summed E-state index contributed by atoms with van der Waals surface area (Å²) in [6, 6.07) is 5.05. The van der Waals surface area contributed by atoms with Gasteiger partial charge in [-0.15, -0.1) is 0 Å². The Labute approximate surface area is 128 Å². The molecular formula is C13H15ClN4O2S. The second kappa shape index (κ2) is 6.84. The molecule has 21 heavy (non-hydrogen) atoms. The first kappa shape index (κ1) is 15.7. The monoisotopic (exact) mass is 326 g/mol. The highest BCUT2D eigenvalue weighted by atomic mass is 35.5. The van der Waals surface area contributed by atoms with Crippen LogP contribution in [0.5, 0.6) is 0 Å². The minimum Gasteiger partial charge on any atom is -0.372 e. The van der Waals surface area contributed by atoms with Crippen LogP contribution >= 0.6 is 11.6 Å². The van der Waals surface area contributed by atoms with E-state index >= 15 is 0 Å². The second-order valence-corrected chi connectivity index (χ2v) is 6.43. The van der Waals surface area contributed by atoms with Crippen molar-refractivity contribution in [3.05, 3.63) is 47.4 Å². The van der Waals surface area contributed by atoms with E-state index in [2.05, 4.69) is 20.0 Å². The summed E-state index contributed by atoms with van der Waals surface area (Å²) in [5.41, 5.74) is 1.01. The summed E-state index contributed by atoms with van der Waals surface area (Å²) in [6.07, 6.45) is 5.19. The fraction of sp³-hybridized carbons (Fsp3) is 0.231. The van der Waals surface area contributed by atoms with Gasteiger partial charge in [-0.1, -0.05) is 11.6 Å². The van der Waals surface area contributed by atoms with Crippen LogP contribution in [-0.2, 0) is 16.4 Å². The van der Waals surface area contributed by atoms with Crippen molar-refractivity contribution in [2.24, 2.45) is 0 Å². The maximum absolute atomic E-state index is 12.1. The van der Waals surface area contributed by atoms with Gasteiger partial charge in [0.15, 0.2) is 0 Å². The smallest absolute Gasteiger partial charge is 0.242 e. The first-order valence-electron chi connectivity index (χ1n) is 6.25. The van der Waals surface area contributed by atoms with Crippen molar-refractivity contribution < 1.29 is 8.42 Å². The van der Waals surface area contributed by atoms with Gasteiger partial charge in [0.25, 0.3) is 0 Å². The average molecular weight is 327 g/mol. The van der Waals surface area contributed by atoms with Gasteiger partial charge in [0.2, 0.25) is 10.0 Å². The molecule has 2 aromatic heterocycles. The van der Waals surface area contributed by atoms with Crippen molar-refractivity contribution in [1.29, 1.82) is 0 Å². The minimum absolute atomic E-state index is 0.0428. The van der Waals surface area contributed by atoms with Crippen LogP contribution in [0.1, 0.15) is 5.56 Å². The highest BCUT2D eigenvalue weighted by molar-refractivity contribution is 7.89. The average Bonchev–Trinajstić information content (AvgIpc) is 2.48. The van der Waals surface area contributed by atoms with E-state index < -0.39 is 10.0 Å². The Morgan fingerprint density at radius 2 is 2.00 bits per heavy atom. The number of rotatable bonds is 6. The second-order valence-electron chi connectivity index (χ2n) is 4.25. The SMILES string of the molecule is CNc1ncc(S(=O)(=O)NCCc2ccncc2)cc1Cl. The maximum Gasteiger partial charge on any atom is 0.242 e. The molecule has 0 atom stereocenters. The van der Waals surface area contributed by atoms with Crippen LogP contribution in [0.15, 0.2) is 41.7 Å². The molecule has 0 bridgehead atoms. The third kappa shape index (κ3) is 4.13.